The zero-order valence-corrected chi connectivity index (χ0v) is 9.67. The predicted molar refractivity (Wildman–Crippen MR) is 62.3 cm³/mol. The first-order chi connectivity index (χ1) is 6.79. The molecule has 2 rings (SSSR count). The zero-order valence-electron chi connectivity index (χ0n) is 8.85. The molecule has 1 saturated carbocycles. The molecule has 0 unspecified atom stereocenters. The van der Waals surface area contributed by atoms with Gasteiger partial charge in [-0.3, -0.25) is 0 Å². The van der Waals surface area contributed by atoms with Crippen LogP contribution in [-0.2, 0) is 0 Å². The number of aromatic nitrogens is 1. The number of hydrogen-bond acceptors (Lipinski definition) is 3. The summed E-state index contributed by atoms with van der Waals surface area (Å²) in [6.07, 6.45) is 5.59. The fourth-order valence-corrected chi connectivity index (χ4v) is 1.58. The van der Waals surface area contributed by atoms with Crippen molar-refractivity contribution >= 4 is 12.4 Å². The van der Waals surface area contributed by atoms with Crippen molar-refractivity contribution in [2.45, 2.75) is 25.3 Å². The summed E-state index contributed by atoms with van der Waals surface area (Å²) in [5, 5.41) is 0. The molecule has 3 nitrogen and oxygen atoms in total. The molecule has 1 aliphatic carbocycles. The van der Waals surface area contributed by atoms with E-state index in [1.54, 1.807) is 7.11 Å². The van der Waals surface area contributed by atoms with Crippen molar-refractivity contribution in [3.05, 3.63) is 23.9 Å². The average molecular weight is 229 g/mol. The lowest BCUT2D eigenvalue weighted by atomic mass is 10.0. The maximum absolute atomic E-state index is 6.05. The number of hydrogen-bond donors (Lipinski definition) is 1. The highest BCUT2D eigenvalue weighted by atomic mass is 35.5. The summed E-state index contributed by atoms with van der Waals surface area (Å²) in [7, 11) is 1.62. The van der Waals surface area contributed by atoms with Gasteiger partial charge in [-0.1, -0.05) is 18.9 Å². The van der Waals surface area contributed by atoms with E-state index in [2.05, 4.69) is 4.98 Å². The summed E-state index contributed by atoms with van der Waals surface area (Å²) in [4.78, 5) is 4.14. The highest BCUT2D eigenvalue weighted by Gasteiger charge is 2.24. The standard InChI is InChI=1S/C11H16N2O.ClH/c1-14-11-5-4-9(7-13-11)10(12)6-8-2-3-8;/h4-5,7-8,10H,2-3,6,12H2,1H3;1H/t10-;/m1./s1. The van der Waals surface area contributed by atoms with E-state index < -0.39 is 0 Å². The predicted octanol–water partition coefficient (Wildman–Crippen LogP) is 2.31. The van der Waals surface area contributed by atoms with Gasteiger partial charge in [0.15, 0.2) is 0 Å². The lowest BCUT2D eigenvalue weighted by molar-refractivity contribution is 0.397. The molecule has 0 amide bonds. The Kier molecular flexibility index (Phi) is 4.36. The quantitative estimate of drug-likeness (QED) is 0.861. The van der Waals surface area contributed by atoms with E-state index in [0.717, 1.165) is 17.9 Å². The Hall–Kier alpha value is -0.800. The molecule has 1 heterocycles. The third kappa shape index (κ3) is 3.36. The van der Waals surface area contributed by atoms with Crippen LogP contribution in [0.5, 0.6) is 5.88 Å². The van der Waals surface area contributed by atoms with Gasteiger partial charge in [0.25, 0.3) is 0 Å². The first-order valence-corrected chi connectivity index (χ1v) is 5.05. The summed E-state index contributed by atoms with van der Waals surface area (Å²) in [5.41, 5.74) is 7.16. The first-order valence-electron chi connectivity index (χ1n) is 5.05. The molecular weight excluding hydrogens is 212 g/mol. The Morgan fingerprint density at radius 2 is 2.27 bits per heavy atom. The minimum Gasteiger partial charge on any atom is -0.481 e. The molecule has 1 aromatic heterocycles. The van der Waals surface area contributed by atoms with Crippen LogP contribution >= 0.6 is 12.4 Å². The molecule has 0 saturated heterocycles. The van der Waals surface area contributed by atoms with Crippen LogP contribution in [-0.4, -0.2) is 12.1 Å². The fourth-order valence-electron chi connectivity index (χ4n) is 1.58. The van der Waals surface area contributed by atoms with E-state index in [1.807, 2.05) is 18.3 Å². The van der Waals surface area contributed by atoms with Crippen LogP contribution in [0.25, 0.3) is 0 Å². The minimum atomic E-state index is 0. The van der Waals surface area contributed by atoms with Crippen LogP contribution in [0.3, 0.4) is 0 Å². The van der Waals surface area contributed by atoms with Crippen molar-refractivity contribution in [3.8, 4) is 5.88 Å². The van der Waals surface area contributed by atoms with Crippen molar-refractivity contribution in [3.63, 3.8) is 0 Å². The number of ether oxygens (including phenoxy) is 1. The molecular formula is C11H17ClN2O. The molecule has 1 atom stereocenters. The summed E-state index contributed by atoms with van der Waals surface area (Å²) in [5.74, 6) is 1.50. The summed E-state index contributed by atoms with van der Waals surface area (Å²) < 4.78 is 4.99. The van der Waals surface area contributed by atoms with Gasteiger partial charge in [-0.25, -0.2) is 4.98 Å². The highest BCUT2D eigenvalue weighted by molar-refractivity contribution is 5.85. The SMILES string of the molecule is COc1ccc([C@H](N)CC2CC2)cn1.Cl. The monoisotopic (exact) mass is 228 g/mol. The van der Waals surface area contributed by atoms with Crippen LogP contribution in [0, 0.1) is 5.92 Å². The van der Waals surface area contributed by atoms with Crippen molar-refractivity contribution in [2.75, 3.05) is 7.11 Å². The second-order valence-electron chi connectivity index (χ2n) is 3.92. The summed E-state index contributed by atoms with van der Waals surface area (Å²) in [6.45, 7) is 0. The summed E-state index contributed by atoms with van der Waals surface area (Å²) in [6, 6.07) is 4.00. The van der Waals surface area contributed by atoms with Crippen molar-refractivity contribution in [1.29, 1.82) is 0 Å². The van der Waals surface area contributed by atoms with Gasteiger partial charge in [-0.05, 0) is 17.9 Å². The van der Waals surface area contributed by atoms with Gasteiger partial charge < -0.3 is 10.5 Å². The zero-order chi connectivity index (χ0) is 9.97. The Labute approximate surface area is 96.4 Å². The van der Waals surface area contributed by atoms with Gasteiger partial charge in [0, 0.05) is 18.3 Å². The van der Waals surface area contributed by atoms with Gasteiger partial charge >= 0.3 is 0 Å². The molecule has 0 radical (unpaired) electrons. The molecule has 1 aromatic rings. The van der Waals surface area contributed by atoms with E-state index >= 15 is 0 Å². The van der Waals surface area contributed by atoms with Crippen molar-refractivity contribution in [1.82, 2.24) is 4.98 Å². The van der Waals surface area contributed by atoms with Gasteiger partial charge in [0.2, 0.25) is 5.88 Å². The number of halogens is 1. The van der Waals surface area contributed by atoms with Crippen LogP contribution in [0.15, 0.2) is 18.3 Å². The Bertz CT molecular complexity index is 298. The first kappa shape index (κ1) is 12.3. The lowest BCUT2D eigenvalue weighted by Gasteiger charge is -2.10. The largest absolute Gasteiger partial charge is 0.481 e. The van der Waals surface area contributed by atoms with Gasteiger partial charge in [-0.2, -0.15) is 0 Å². The third-order valence-corrected chi connectivity index (χ3v) is 2.68. The third-order valence-electron chi connectivity index (χ3n) is 2.68. The number of rotatable bonds is 4. The van der Waals surface area contributed by atoms with E-state index in [-0.39, 0.29) is 18.4 Å². The van der Waals surface area contributed by atoms with Gasteiger partial charge in [-0.15, -0.1) is 12.4 Å². The fraction of sp³-hybridized carbons (Fsp3) is 0.545. The molecule has 15 heavy (non-hydrogen) atoms. The van der Waals surface area contributed by atoms with Crippen LogP contribution in [0.1, 0.15) is 30.9 Å². The molecule has 0 bridgehead atoms. The van der Waals surface area contributed by atoms with E-state index in [0.29, 0.717) is 5.88 Å². The second-order valence-corrected chi connectivity index (χ2v) is 3.92. The smallest absolute Gasteiger partial charge is 0.212 e. The number of pyridine rings is 1. The molecule has 0 aromatic carbocycles. The topological polar surface area (TPSA) is 48.1 Å². The second kappa shape index (κ2) is 5.33. The van der Waals surface area contributed by atoms with Crippen LogP contribution in [0.2, 0.25) is 0 Å². The minimum absolute atomic E-state index is 0. The maximum atomic E-state index is 6.05. The molecule has 4 heteroatoms. The van der Waals surface area contributed by atoms with Crippen LogP contribution < -0.4 is 10.5 Å². The highest BCUT2D eigenvalue weighted by Crippen LogP contribution is 2.36. The molecule has 0 spiro atoms. The Morgan fingerprint density at radius 1 is 1.53 bits per heavy atom. The van der Waals surface area contributed by atoms with E-state index in [1.165, 1.54) is 12.8 Å². The van der Waals surface area contributed by atoms with Gasteiger partial charge in [0.1, 0.15) is 0 Å². The van der Waals surface area contributed by atoms with Crippen molar-refractivity contribution < 1.29 is 4.74 Å². The molecule has 1 aliphatic rings. The van der Waals surface area contributed by atoms with Crippen molar-refractivity contribution in [2.24, 2.45) is 11.7 Å². The van der Waals surface area contributed by atoms with E-state index in [9.17, 15) is 0 Å². The lowest BCUT2D eigenvalue weighted by Crippen LogP contribution is -2.11. The molecule has 2 N–H and O–H groups in total. The van der Waals surface area contributed by atoms with E-state index in [4.69, 9.17) is 10.5 Å². The molecule has 1 fully saturated rings. The summed E-state index contributed by atoms with van der Waals surface area (Å²) >= 11 is 0. The molecule has 84 valence electrons. The molecule has 0 aliphatic heterocycles. The van der Waals surface area contributed by atoms with Gasteiger partial charge in [0.05, 0.1) is 7.11 Å². The average Bonchev–Trinajstić information content (AvgIpc) is 3.02. The Balaban J connectivity index is 0.00000112. The van der Waals surface area contributed by atoms with Crippen LogP contribution in [0.4, 0.5) is 0 Å². The number of nitrogens with two attached hydrogens (primary N) is 1. The number of nitrogens with zero attached hydrogens (tertiary/aromatic N) is 1. The normalized spacial score (nSPS) is 16.7. The Morgan fingerprint density at radius 3 is 2.73 bits per heavy atom. The maximum Gasteiger partial charge on any atom is 0.212 e. The number of methoxy groups -OCH3 is 1.